The third kappa shape index (κ3) is 2.17. The Hall–Kier alpha value is -0.570. The maximum Gasteiger partial charge on any atom is 0.225 e. The fourth-order valence-electron chi connectivity index (χ4n) is 2.56. The van der Waals surface area contributed by atoms with Gasteiger partial charge in [-0.1, -0.05) is 13.8 Å². The Morgan fingerprint density at radius 3 is 2.60 bits per heavy atom. The van der Waals surface area contributed by atoms with Crippen molar-refractivity contribution in [1.29, 1.82) is 0 Å². The van der Waals surface area contributed by atoms with Gasteiger partial charge in [0.15, 0.2) is 0 Å². The van der Waals surface area contributed by atoms with E-state index in [1.807, 2.05) is 4.90 Å². The predicted molar refractivity (Wildman–Crippen MR) is 60.2 cm³/mol. The van der Waals surface area contributed by atoms with Crippen molar-refractivity contribution in [2.24, 2.45) is 29.4 Å². The number of carbonyl (C=O) groups excluding carboxylic acids is 1. The average molecular weight is 210 g/mol. The van der Waals surface area contributed by atoms with E-state index in [2.05, 4.69) is 13.8 Å². The molecule has 0 radical (unpaired) electrons. The standard InChI is InChI=1S/C12H22N2O/c1-8-3-4-14(7-10(8)6-13)12(15)11-5-9(11)2/h8-11H,3-7,13H2,1-2H3. The molecule has 1 saturated heterocycles. The molecular weight excluding hydrogens is 188 g/mol. The first-order valence-electron chi connectivity index (χ1n) is 6.12. The minimum atomic E-state index is 0.330. The Kier molecular flexibility index (Phi) is 3.01. The maximum absolute atomic E-state index is 12.0. The number of nitrogens with zero attached hydrogens (tertiary/aromatic N) is 1. The molecule has 3 heteroatoms. The van der Waals surface area contributed by atoms with Crippen LogP contribution in [0.3, 0.4) is 0 Å². The molecule has 0 aromatic rings. The molecule has 4 atom stereocenters. The van der Waals surface area contributed by atoms with E-state index < -0.39 is 0 Å². The molecule has 1 heterocycles. The van der Waals surface area contributed by atoms with Crippen LogP contribution in [0.15, 0.2) is 0 Å². The molecule has 2 N–H and O–H groups in total. The third-order valence-electron chi connectivity index (χ3n) is 4.16. The smallest absolute Gasteiger partial charge is 0.225 e. The van der Waals surface area contributed by atoms with E-state index in [9.17, 15) is 4.79 Å². The van der Waals surface area contributed by atoms with Gasteiger partial charge in [0.25, 0.3) is 0 Å². The number of rotatable bonds is 2. The molecule has 3 nitrogen and oxygen atoms in total. The van der Waals surface area contributed by atoms with Crippen molar-refractivity contribution < 1.29 is 4.79 Å². The van der Waals surface area contributed by atoms with Crippen molar-refractivity contribution in [3.63, 3.8) is 0 Å². The lowest BCUT2D eigenvalue weighted by molar-refractivity contribution is -0.135. The van der Waals surface area contributed by atoms with Gasteiger partial charge in [-0.25, -0.2) is 0 Å². The molecule has 0 aromatic carbocycles. The van der Waals surface area contributed by atoms with Crippen molar-refractivity contribution >= 4 is 5.91 Å². The largest absolute Gasteiger partial charge is 0.342 e. The fraction of sp³-hybridized carbons (Fsp3) is 0.917. The molecule has 1 aliphatic heterocycles. The van der Waals surface area contributed by atoms with Gasteiger partial charge in [0, 0.05) is 19.0 Å². The highest BCUT2D eigenvalue weighted by Crippen LogP contribution is 2.40. The van der Waals surface area contributed by atoms with Crippen molar-refractivity contribution in [3.05, 3.63) is 0 Å². The topological polar surface area (TPSA) is 46.3 Å². The Morgan fingerprint density at radius 1 is 1.40 bits per heavy atom. The summed E-state index contributed by atoms with van der Waals surface area (Å²) in [5, 5.41) is 0. The second-order valence-electron chi connectivity index (χ2n) is 5.37. The first-order chi connectivity index (χ1) is 7.13. The SMILES string of the molecule is CC1CCN(C(=O)C2CC2C)CC1CN. The molecular formula is C12H22N2O. The molecule has 1 aliphatic carbocycles. The lowest BCUT2D eigenvalue weighted by atomic mass is 9.87. The maximum atomic E-state index is 12.0. The Morgan fingerprint density at radius 2 is 2.07 bits per heavy atom. The molecule has 1 saturated carbocycles. The quantitative estimate of drug-likeness (QED) is 0.741. The molecule has 0 bridgehead atoms. The van der Waals surface area contributed by atoms with E-state index in [1.54, 1.807) is 0 Å². The molecule has 0 aromatic heterocycles. The Bertz CT molecular complexity index is 254. The molecule has 4 unspecified atom stereocenters. The summed E-state index contributed by atoms with van der Waals surface area (Å²) in [7, 11) is 0. The van der Waals surface area contributed by atoms with E-state index >= 15 is 0 Å². The summed E-state index contributed by atoms with van der Waals surface area (Å²) < 4.78 is 0. The first-order valence-corrected chi connectivity index (χ1v) is 6.12. The molecule has 86 valence electrons. The lowest BCUT2D eigenvalue weighted by Gasteiger charge is -2.36. The molecule has 0 spiro atoms. The highest BCUT2D eigenvalue weighted by atomic mass is 16.2. The highest BCUT2D eigenvalue weighted by Gasteiger charge is 2.42. The predicted octanol–water partition coefficient (Wildman–Crippen LogP) is 1.09. The van der Waals surface area contributed by atoms with Gasteiger partial charge < -0.3 is 10.6 Å². The van der Waals surface area contributed by atoms with Gasteiger partial charge >= 0.3 is 0 Å². The van der Waals surface area contributed by atoms with Gasteiger partial charge in [0.05, 0.1) is 0 Å². The molecule has 2 rings (SSSR count). The molecule has 2 fully saturated rings. The van der Waals surface area contributed by atoms with Crippen molar-refractivity contribution in [3.8, 4) is 0 Å². The second-order valence-corrected chi connectivity index (χ2v) is 5.37. The summed E-state index contributed by atoms with van der Waals surface area (Å²) in [4.78, 5) is 14.1. The summed E-state index contributed by atoms with van der Waals surface area (Å²) in [6.07, 6.45) is 2.22. The fourth-order valence-corrected chi connectivity index (χ4v) is 2.56. The number of piperidine rings is 1. The minimum Gasteiger partial charge on any atom is -0.342 e. The van der Waals surface area contributed by atoms with E-state index in [1.165, 1.54) is 0 Å². The van der Waals surface area contributed by atoms with Crippen LogP contribution in [0.5, 0.6) is 0 Å². The number of hydrogen-bond acceptors (Lipinski definition) is 2. The molecule has 15 heavy (non-hydrogen) atoms. The minimum absolute atomic E-state index is 0.330. The van der Waals surface area contributed by atoms with Crippen LogP contribution in [0.2, 0.25) is 0 Å². The van der Waals surface area contributed by atoms with E-state index in [0.29, 0.717) is 36.1 Å². The highest BCUT2D eigenvalue weighted by molar-refractivity contribution is 5.81. The van der Waals surface area contributed by atoms with E-state index in [-0.39, 0.29) is 0 Å². The van der Waals surface area contributed by atoms with E-state index in [4.69, 9.17) is 5.73 Å². The first kappa shape index (κ1) is 10.9. The number of nitrogens with two attached hydrogens (primary N) is 1. The van der Waals surface area contributed by atoms with Crippen LogP contribution < -0.4 is 5.73 Å². The zero-order valence-electron chi connectivity index (χ0n) is 9.78. The summed E-state index contributed by atoms with van der Waals surface area (Å²) in [5.41, 5.74) is 5.74. The number of carbonyl (C=O) groups is 1. The Balaban J connectivity index is 1.91. The molecule has 1 amide bonds. The third-order valence-corrected chi connectivity index (χ3v) is 4.16. The molecule has 2 aliphatic rings. The van der Waals surface area contributed by atoms with Crippen LogP contribution in [0.4, 0.5) is 0 Å². The average Bonchev–Trinajstić information content (AvgIpc) is 2.95. The number of likely N-dealkylation sites (tertiary alicyclic amines) is 1. The van der Waals surface area contributed by atoms with Gasteiger partial charge in [-0.2, -0.15) is 0 Å². The van der Waals surface area contributed by atoms with Crippen LogP contribution in [0.1, 0.15) is 26.7 Å². The summed E-state index contributed by atoms with van der Waals surface area (Å²) in [6, 6.07) is 0. The summed E-state index contributed by atoms with van der Waals surface area (Å²) in [6.45, 7) is 6.96. The number of amides is 1. The van der Waals surface area contributed by atoms with E-state index in [0.717, 1.165) is 25.9 Å². The zero-order chi connectivity index (χ0) is 11.0. The lowest BCUT2D eigenvalue weighted by Crippen LogP contribution is -2.46. The van der Waals surface area contributed by atoms with Crippen LogP contribution in [0.25, 0.3) is 0 Å². The van der Waals surface area contributed by atoms with Gasteiger partial charge in [-0.05, 0) is 37.1 Å². The van der Waals surface area contributed by atoms with Crippen molar-refractivity contribution in [1.82, 2.24) is 4.90 Å². The monoisotopic (exact) mass is 210 g/mol. The normalized spacial score (nSPS) is 40.3. The zero-order valence-corrected chi connectivity index (χ0v) is 9.78. The van der Waals surface area contributed by atoms with Crippen LogP contribution >= 0.6 is 0 Å². The summed E-state index contributed by atoms with van der Waals surface area (Å²) in [5.74, 6) is 2.52. The van der Waals surface area contributed by atoms with Gasteiger partial charge in [0.1, 0.15) is 0 Å². The van der Waals surface area contributed by atoms with Gasteiger partial charge in [-0.15, -0.1) is 0 Å². The van der Waals surface area contributed by atoms with Crippen LogP contribution in [-0.2, 0) is 4.79 Å². The second kappa shape index (κ2) is 4.12. The Labute approximate surface area is 92.0 Å². The van der Waals surface area contributed by atoms with Gasteiger partial charge in [-0.3, -0.25) is 4.79 Å². The van der Waals surface area contributed by atoms with Crippen molar-refractivity contribution in [2.75, 3.05) is 19.6 Å². The van der Waals surface area contributed by atoms with Crippen molar-refractivity contribution in [2.45, 2.75) is 26.7 Å². The number of hydrogen-bond donors (Lipinski definition) is 1. The van der Waals surface area contributed by atoms with Gasteiger partial charge in [0.2, 0.25) is 5.91 Å². The van der Waals surface area contributed by atoms with Crippen LogP contribution in [0, 0.1) is 23.7 Å². The van der Waals surface area contributed by atoms with Crippen LogP contribution in [-0.4, -0.2) is 30.4 Å². The summed E-state index contributed by atoms with van der Waals surface area (Å²) >= 11 is 0.